The molecule has 0 aromatic rings. The maximum absolute atomic E-state index is 12.5. The molecule has 0 spiro atoms. The molecule has 2 fully saturated rings. The van der Waals surface area contributed by atoms with Crippen molar-refractivity contribution in [3.05, 3.63) is 12.2 Å². The molecular formula is C16H24N2O3. The van der Waals surface area contributed by atoms with Crippen LogP contribution in [0.25, 0.3) is 0 Å². The van der Waals surface area contributed by atoms with Gasteiger partial charge in [-0.1, -0.05) is 12.2 Å². The van der Waals surface area contributed by atoms with Gasteiger partial charge in [-0.2, -0.15) is 0 Å². The number of piperidine rings is 1. The van der Waals surface area contributed by atoms with Gasteiger partial charge in [0, 0.05) is 44.9 Å². The highest BCUT2D eigenvalue weighted by atomic mass is 16.5. The third-order valence-electron chi connectivity index (χ3n) is 4.96. The number of rotatable bonds is 1. The van der Waals surface area contributed by atoms with Crippen molar-refractivity contribution in [2.75, 3.05) is 32.8 Å². The summed E-state index contributed by atoms with van der Waals surface area (Å²) in [6.07, 6.45) is 6.97. The van der Waals surface area contributed by atoms with E-state index in [4.69, 9.17) is 4.74 Å². The molecule has 0 aromatic carbocycles. The van der Waals surface area contributed by atoms with Crippen LogP contribution in [0.5, 0.6) is 0 Å². The molecule has 0 N–H and O–H groups in total. The van der Waals surface area contributed by atoms with Gasteiger partial charge in [0.15, 0.2) is 0 Å². The molecule has 0 unspecified atom stereocenters. The number of likely N-dealkylation sites (tertiary alicyclic amines) is 1. The summed E-state index contributed by atoms with van der Waals surface area (Å²) in [5.41, 5.74) is 0. The minimum atomic E-state index is 0.0846. The summed E-state index contributed by atoms with van der Waals surface area (Å²) in [5.74, 6) is 0.896. The summed E-state index contributed by atoms with van der Waals surface area (Å²) in [7, 11) is 0. The Hall–Kier alpha value is -1.36. The van der Waals surface area contributed by atoms with Crippen molar-refractivity contribution in [2.45, 2.75) is 32.3 Å². The second kappa shape index (κ2) is 6.18. The van der Waals surface area contributed by atoms with E-state index in [0.717, 1.165) is 32.4 Å². The van der Waals surface area contributed by atoms with E-state index in [1.165, 1.54) is 0 Å². The molecule has 0 radical (unpaired) electrons. The van der Waals surface area contributed by atoms with Gasteiger partial charge < -0.3 is 14.5 Å². The second-order valence-electron chi connectivity index (χ2n) is 6.35. The zero-order chi connectivity index (χ0) is 14.8. The summed E-state index contributed by atoms with van der Waals surface area (Å²) in [6.45, 7) is 5.12. The Morgan fingerprint density at radius 2 is 1.86 bits per heavy atom. The van der Waals surface area contributed by atoms with Gasteiger partial charge in [-0.05, 0) is 19.3 Å². The Labute approximate surface area is 125 Å². The van der Waals surface area contributed by atoms with Gasteiger partial charge in [-0.25, -0.2) is 0 Å². The average molecular weight is 292 g/mol. The molecule has 0 bridgehead atoms. The zero-order valence-electron chi connectivity index (χ0n) is 12.7. The number of amides is 2. The van der Waals surface area contributed by atoms with E-state index in [1.807, 2.05) is 9.80 Å². The molecule has 0 aromatic heterocycles. The fourth-order valence-corrected chi connectivity index (χ4v) is 3.61. The van der Waals surface area contributed by atoms with Gasteiger partial charge in [-0.15, -0.1) is 0 Å². The molecule has 3 aliphatic rings. The van der Waals surface area contributed by atoms with E-state index < -0.39 is 0 Å². The van der Waals surface area contributed by atoms with Crippen LogP contribution in [-0.4, -0.2) is 60.5 Å². The minimum absolute atomic E-state index is 0.0846. The molecule has 2 saturated heterocycles. The van der Waals surface area contributed by atoms with Crippen molar-refractivity contribution in [1.82, 2.24) is 9.80 Å². The molecule has 2 heterocycles. The molecule has 1 aliphatic carbocycles. The Kier molecular flexibility index (Phi) is 4.29. The van der Waals surface area contributed by atoms with Crippen molar-refractivity contribution >= 4 is 11.8 Å². The lowest BCUT2D eigenvalue weighted by molar-refractivity contribution is -0.141. The highest BCUT2D eigenvalue weighted by molar-refractivity contribution is 5.79. The van der Waals surface area contributed by atoms with E-state index in [9.17, 15) is 9.59 Å². The van der Waals surface area contributed by atoms with Gasteiger partial charge in [0.25, 0.3) is 0 Å². The largest absolute Gasteiger partial charge is 0.374 e. The van der Waals surface area contributed by atoms with Crippen LogP contribution in [0.2, 0.25) is 0 Å². The molecule has 2 amide bonds. The number of carbonyl (C=O) groups is 2. The molecule has 21 heavy (non-hydrogen) atoms. The van der Waals surface area contributed by atoms with Crippen molar-refractivity contribution < 1.29 is 14.3 Å². The highest BCUT2D eigenvalue weighted by Crippen LogP contribution is 2.27. The lowest BCUT2D eigenvalue weighted by Crippen LogP contribution is -2.50. The maximum Gasteiger partial charge on any atom is 0.226 e. The van der Waals surface area contributed by atoms with Crippen molar-refractivity contribution in [3.63, 3.8) is 0 Å². The quantitative estimate of drug-likeness (QED) is 0.679. The van der Waals surface area contributed by atoms with E-state index in [2.05, 4.69) is 12.2 Å². The fraction of sp³-hybridized carbons (Fsp3) is 0.750. The third kappa shape index (κ3) is 3.12. The summed E-state index contributed by atoms with van der Waals surface area (Å²) in [5, 5.41) is 0. The first-order valence-electron chi connectivity index (χ1n) is 7.96. The van der Waals surface area contributed by atoms with E-state index in [0.29, 0.717) is 25.6 Å². The first-order chi connectivity index (χ1) is 10.1. The van der Waals surface area contributed by atoms with Crippen LogP contribution in [0.3, 0.4) is 0 Å². The predicted octanol–water partition coefficient (Wildman–Crippen LogP) is 1.05. The van der Waals surface area contributed by atoms with Crippen LogP contribution in [0, 0.1) is 11.8 Å². The van der Waals surface area contributed by atoms with Crippen molar-refractivity contribution in [2.24, 2.45) is 11.8 Å². The van der Waals surface area contributed by atoms with Crippen molar-refractivity contribution in [1.29, 1.82) is 0 Å². The molecule has 2 atom stereocenters. The monoisotopic (exact) mass is 292 g/mol. The van der Waals surface area contributed by atoms with Crippen LogP contribution >= 0.6 is 0 Å². The SMILES string of the molecule is CC(=O)N1CCO[C@H]2CN(C(=O)C3CC=CC3)CC[C@H]2C1. The van der Waals surface area contributed by atoms with Crippen molar-refractivity contribution in [3.8, 4) is 0 Å². The normalized spacial score (nSPS) is 30.1. The predicted molar refractivity (Wildman–Crippen MR) is 78.5 cm³/mol. The smallest absolute Gasteiger partial charge is 0.226 e. The van der Waals surface area contributed by atoms with E-state index in [1.54, 1.807) is 6.92 Å². The minimum Gasteiger partial charge on any atom is -0.374 e. The maximum atomic E-state index is 12.5. The fourth-order valence-electron chi connectivity index (χ4n) is 3.61. The van der Waals surface area contributed by atoms with Gasteiger partial charge in [-0.3, -0.25) is 9.59 Å². The lowest BCUT2D eigenvalue weighted by Gasteiger charge is -2.38. The molecule has 5 heteroatoms. The van der Waals surface area contributed by atoms with Crippen LogP contribution in [0.4, 0.5) is 0 Å². The number of carbonyl (C=O) groups excluding carboxylic acids is 2. The molecule has 2 aliphatic heterocycles. The number of allylic oxidation sites excluding steroid dienone is 2. The number of nitrogens with zero attached hydrogens (tertiary/aromatic N) is 2. The number of hydrogen-bond acceptors (Lipinski definition) is 3. The average Bonchev–Trinajstić information content (AvgIpc) is 2.92. The third-order valence-corrected chi connectivity index (χ3v) is 4.96. The van der Waals surface area contributed by atoms with E-state index in [-0.39, 0.29) is 23.8 Å². The highest BCUT2D eigenvalue weighted by Gasteiger charge is 2.37. The van der Waals surface area contributed by atoms with Gasteiger partial charge in [0.2, 0.25) is 11.8 Å². The first-order valence-corrected chi connectivity index (χ1v) is 7.96. The van der Waals surface area contributed by atoms with Crippen LogP contribution in [0.1, 0.15) is 26.2 Å². The molecule has 3 rings (SSSR count). The Morgan fingerprint density at radius 3 is 2.57 bits per heavy atom. The summed E-state index contributed by atoms with van der Waals surface area (Å²) < 4.78 is 5.93. The summed E-state index contributed by atoms with van der Waals surface area (Å²) in [6, 6.07) is 0. The Balaban J connectivity index is 1.60. The molecule has 0 saturated carbocycles. The standard InChI is InChI=1S/C16H24N2O3/c1-12(19)17-8-9-21-15-11-18(7-6-14(15)10-17)16(20)13-4-2-3-5-13/h2-3,13-15H,4-11H2,1H3/t14-,15-/m0/s1. The Bertz CT molecular complexity index is 441. The zero-order valence-corrected chi connectivity index (χ0v) is 12.7. The van der Waals surface area contributed by atoms with Crippen LogP contribution < -0.4 is 0 Å². The number of fused-ring (bicyclic) bond motifs is 1. The topological polar surface area (TPSA) is 49.9 Å². The van der Waals surface area contributed by atoms with Gasteiger partial charge >= 0.3 is 0 Å². The van der Waals surface area contributed by atoms with Crippen LogP contribution in [0.15, 0.2) is 12.2 Å². The van der Waals surface area contributed by atoms with E-state index >= 15 is 0 Å². The molecular weight excluding hydrogens is 268 g/mol. The first kappa shape index (κ1) is 14.6. The van der Waals surface area contributed by atoms with Crippen LogP contribution in [-0.2, 0) is 14.3 Å². The van der Waals surface area contributed by atoms with Gasteiger partial charge in [0.1, 0.15) is 0 Å². The molecule has 116 valence electrons. The Morgan fingerprint density at radius 1 is 1.10 bits per heavy atom. The second-order valence-corrected chi connectivity index (χ2v) is 6.35. The molecule has 5 nitrogen and oxygen atoms in total. The number of hydrogen-bond donors (Lipinski definition) is 0. The number of ether oxygens (including phenoxy) is 1. The summed E-state index contributed by atoms with van der Waals surface area (Å²) in [4.78, 5) is 27.9. The lowest BCUT2D eigenvalue weighted by atomic mass is 9.92. The van der Waals surface area contributed by atoms with Gasteiger partial charge in [0.05, 0.1) is 12.7 Å². The summed E-state index contributed by atoms with van der Waals surface area (Å²) >= 11 is 0.